The van der Waals surface area contributed by atoms with Crippen LogP contribution in [0, 0.1) is 15.9 Å². The molecular formula is C14H10FNO3S. The average Bonchev–Trinajstić information content (AvgIpc) is 2.46. The first kappa shape index (κ1) is 14.2. The Labute approximate surface area is 118 Å². The van der Waals surface area contributed by atoms with E-state index in [1.54, 1.807) is 12.1 Å². The Balaban J connectivity index is 1.97. The second kappa shape index (κ2) is 6.29. The highest BCUT2D eigenvalue weighted by molar-refractivity contribution is 8.00. The van der Waals surface area contributed by atoms with Crippen LogP contribution < -0.4 is 0 Å². The van der Waals surface area contributed by atoms with Crippen molar-refractivity contribution < 1.29 is 14.1 Å². The van der Waals surface area contributed by atoms with Crippen LogP contribution in [0.2, 0.25) is 0 Å². The molecule has 0 heterocycles. The maximum absolute atomic E-state index is 12.7. The van der Waals surface area contributed by atoms with Crippen molar-refractivity contribution >= 4 is 23.2 Å². The molecule has 6 heteroatoms. The number of rotatable bonds is 5. The van der Waals surface area contributed by atoms with Gasteiger partial charge in [-0.3, -0.25) is 14.9 Å². The molecule has 0 fully saturated rings. The Kier molecular flexibility index (Phi) is 4.47. The highest BCUT2D eigenvalue weighted by Crippen LogP contribution is 2.20. The van der Waals surface area contributed by atoms with Crippen LogP contribution in [-0.2, 0) is 0 Å². The van der Waals surface area contributed by atoms with E-state index >= 15 is 0 Å². The predicted octanol–water partition coefficient (Wildman–Crippen LogP) is 3.71. The Morgan fingerprint density at radius 1 is 1.10 bits per heavy atom. The molecule has 0 saturated carbocycles. The van der Waals surface area contributed by atoms with E-state index in [2.05, 4.69) is 0 Å². The maximum Gasteiger partial charge on any atom is 0.269 e. The molecule has 2 rings (SSSR count). The van der Waals surface area contributed by atoms with Crippen LogP contribution in [0.25, 0.3) is 0 Å². The molecule has 0 aliphatic carbocycles. The summed E-state index contributed by atoms with van der Waals surface area (Å²) < 4.78 is 12.7. The molecule has 0 saturated heterocycles. The number of hydrogen-bond donors (Lipinski definition) is 0. The molecule has 0 aromatic heterocycles. The molecule has 4 nitrogen and oxygen atoms in total. The van der Waals surface area contributed by atoms with E-state index < -0.39 is 4.92 Å². The van der Waals surface area contributed by atoms with E-state index in [9.17, 15) is 19.3 Å². The molecule has 0 aliphatic rings. The Morgan fingerprint density at radius 3 is 2.25 bits per heavy atom. The van der Waals surface area contributed by atoms with Crippen molar-refractivity contribution in [2.75, 3.05) is 5.75 Å². The first-order chi connectivity index (χ1) is 9.56. The van der Waals surface area contributed by atoms with Crippen LogP contribution >= 0.6 is 11.8 Å². The second-order valence-electron chi connectivity index (χ2n) is 3.97. The van der Waals surface area contributed by atoms with Gasteiger partial charge in [0.05, 0.1) is 10.7 Å². The van der Waals surface area contributed by atoms with Crippen LogP contribution in [0.1, 0.15) is 10.4 Å². The first-order valence-electron chi connectivity index (χ1n) is 5.72. The molecular weight excluding hydrogens is 281 g/mol. The number of carbonyl (C=O) groups excluding carboxylic acids is 1. The van der Waals surface area contributed by atoms with Crippen LogP contribution in [0.3, 0.4) is 0 Å². The van der Waals surface area contributed by atoms with E-state index in [1.807, 2.05) is 0 Å². The van der Waals surface area contributed by atoms with Gasteiger partial charge in [-0.1, -0.05) is 0 Å². The summed E-state index contributed by atoms with van der Waals surface area (Å²) in [5.41, 5.74) is 0.373. The minimum atomic E-state index is -0.512. The lowest BCUT2D eigenvalue weighted by Crippen LogP contribution is -2.02. The van der Waals surface area contributed by atoms with Crippen LogP contribution in [0.4, 0.5) is 10.1 Å². The summed E-state index contributed by atoms with van der Waals surface area (Å²) in [4.78, 5) is 22.7. The number of ketones is 1. The van der Waals surface area contributed by atoms with Crippen molar-refractivity contribution in [2.24, 2.45) is 0 Å². The van der Waals surface area contributed by atoms with Crippen LogP contribution in [0.5, 0.6) is 0 Å². The molecule has 0 spiro atoms. The molecule has 20 heavy (non-hydrogen) atoms. The zero-order valence-corrected chi connectivity index (χ0v) is 11.1. The molecule has 0 bridgehead atoms. The third-order valence-corrected chi connectivity index (χ3v) is 3.60. The Hall–Kier alpha value is -2.21. The number of nitro groups is 1. The molecule has 0 unspecified atom stereocenters. The van der Waals surface area contributed by atoms with Crippen molar-refractivity contribution in [1.82, 2.24) is 0 Å². The lowest BCUT2D eigenvalue weighted by molar-refractivity contribution is -0.384. The van der Waals surface area contributed by atoms with E-state index in [-0.39, 0.29) is 23.0 Å². The normalized spacial score (nSPS) is 10.2. The van der Waals surface area contributed by atoms with Crippen molar-refractivity contribution in [2.45, 2.75) is 4.90 Å². The highest BCUT2D eigenvalue weighted by Gasteiger charge is 2.10. The van der Waals surface area contributed by atoms with Gasteiger partial charge in [-0.15, -0.1) is 11.8 Å². The molecule has 0 N–H and O–H groups in total. The minimum absolute atomic E-state index is 0.0484. The summed E-state index contributed by atoms with van der Waals surface area (Å²) >= 11 is 1.29. The van der Waals surface area contributed by atoms with Gasteiger partial charge in [-0.05, 0) is 36.4 Å². The largest absolute Gasteiger partial charge is 0.293 e. The third kappa shape index (κ3) is 3.64. The lowest BCUT2D eigenvalue weighted by atomic mass is 10.1. The highest BCUT2D eigenvalue weighted by atomic mass is 32.2. The fourth-order valence-electron chi connectivity index (χ4n) is 1.53. The van der Waals surface area contributed by atoms with Gasteiger partial charge in [0, 0.05) is 22.6 Å². The monoisotopic (exact) mass is 291 g/mol. The number of hydrogen-bond acceptors (Lipinski definition) is 4. The van der Waals surface area contributed by atoms with E-state index in [4.69, 9.17) is 0 Å². The number of carbonyl (C=O) groups is 1. The Morgan fingerprint density at radius 2 is 1.70 bits per heavy atom. The summed E-state index contributed by atoms with van der Waals surface area (Å²) in [6.07, 6.45) is 0. The van der Waals surface area contributed by atoms with Crippen LogP contribution in [-0.4, -0.2) is 16.5 Å². The first-order valence-corrected chi connectivity index (χ1v) is 6.71. The summed E-state index contributed by atoms with van der Waals surface area (Å²) in [6.45, 7) is 0. The fourth-order valence-corrected chi connectivity index (χ4v) is 2.33. The fraction of sp³-hybridized carbons (Fsp3) is 0.0714. The zero-order valence-electron chi connectivity index (χ0n) is 10.3. The van der Waals surface area contributed by atoms with E-state index in [1.165, 1.54) is 48.2 Å². The number of non-ortho nitro benzene ring substituents is 1. The number of Topliss-reactive ketones (excluding diaryl/α,β-unsaturated/α-hetero) is 1. The summed E-state index contributed by atoms with van der Waals surface area (Å²) in [5, 5.41) is 10.5. The summed E-state index contributed by atoms with van der Waals surface area (Å²) in [5.74, 6) is -0.256. The standard InChI is InChI=1S/C14H10FNO3S/c15-11-3-7-13(8-4-11)20-9-14(17)10-1-5-12(6-2-10)16(18)19/h1-8H,9H2. The minimum Gasteiger partial charge on any atom is -0.293 e. The van der Waals surface area contributed by atoms with Gasteiger partial charge in [0.2, 0.25) is 0 Å². The van der Waals surface area contributed by atoms with Crippen molar-refractivity contribution in [3.8, 4) is 0 Å². The molecule has 0 amide bonds. The molecule has 0 atom stereocenters. The van der Waals surface area contributed by atoms with Gasteiger partial charge in [-0.2, -0.15) is 0 Å². The summed E-state index contributed by atoms with van der Waals surface area (Å²) in [6, 6.07) is 11.3. The molecule has 0 radical (unpaired) electrons. The Bertz CT molecular complexity index is 626. The number of nitro benzene ring substituents is 1. The molecule has 2 aromatic rings. The maximum atomic E-state index is 12.7. The molecule has 2 aromatic carbocycles. The van der Waals surface area contributed by atoms with Gasteiger partial charge >= 0.3 is 0 Å². The van der Waals surface area contributed by atoms with E-state index in [0.29, 0.717) is 5.56 Å². The number of nitrogens with zero attached hydrogens (tertiary/aromatic N) is 1. The number of benzene rings is 2. The molecule has 102 valence electrons. The molecule has 0 aliphatic heterocycles. The number of halogens is 1. The van der Waals surface area contributed by atoms with Crippen molar-refractivity contribution in [1.29, 1.82) is 0 Å². The SMILES string of the molecule is O=C(CSc1ccc(F)cc1)c1ccc([N+](=O)[O-])cc1. The lowest BCUT2D eigenvalue weighted by Gasteiger charge is -2.02. The quantitative estimate of drug-likeness (QED) is 0.364. The number of thioether (sulfide) groups is 1. The average molecular weight is 291 g/mol. The van der Waals surface area contributed by atoms with Gasteiger partial charge < -0.3 is 0 Å². The van der Waals surface area contributed by atoms with Crippen molar-refractivity contribution in [3.05, 3.63) is 70.0 Å². The smallest absolute Gasteiger partial charge is 0.269 e. The van der Waals surface area contributed by atoms with Gasteiger partial charge in [0.1, 0.15) is 5.82 Å². The van der Waals surface area contributed by atoms with Crippen LogP contribution in [0.15, 0.2) is 53.4 Å². The van der Waals surface area contributed by atoms with E-state index in [0.717, 1.165) is 4.90 Å². The topological polar surface area (TPSA) is 60.2 Å². The van der Waals surface area contributed by atoms with Gasteiger partial charge in [0.25, 0.3) is 5.69 Å². The second-order valence-corrected chi connectivity index (χ2v) is 5.02. The van der Waals surface area contributed by atoms with Gasteiger partial charge in [-0.25, -0.2) is 4.39 Å². The van der Waals surface area contributed by atoms with Gasteiger partial charge in [0.15, 0.2) is 5.78 Å². The predicted molar refractivity (Wildman–Crippen MR) is 74.6 cm³/mol. The summed E-state index contributed by atoms with van der Waals surface area (Å²) in [7, 11) is 0. The zero-order chi connectivity index (χ0) is 14.5. The third-order valence-electron chi connectivity index (χ3n) is 2.58. The van der Waals surface area contributed by atoms with Crippen molar-refractivity contribution in [3.63, 3.8) is 0 Å².